The maximum Gasteiger partial charge on any atom is 0.255 e. The highest BCUT2D eigenvalue weighted by atomic mass is 35.5. The average molecular weight is 354 g/mol. The Kier molecular flexibility index (Phi) is 5.94. The Bertz CT molecular complexity index is 882. The molecule has 0 heterocycles. The van der Waals surface area contributed by atoms with Crippen LogP contribution in [0, 0.1) is 22.7 Å². The van der Waals surface area contributed by atoms with E-state index in [4.69, 9.17) is 26.9 Å². The molecule has 0 radical (unpaired) electrons. The predicted octanol–water partition coefficient (Wildman–Crippen LogP) is 3.42. The Morgan fingerprint density at radius 2 is 1.84 bits per heavy atom. The molecule has 0 saturated heterocycles. The smallest absolute Gasteiger partial charge is 0.255 e. The van der Waals surface area contributed by atoms with Gasteiger partial charge in [0, 0.05) is 11.6 Å². The maximum atomic E-state index is 12.3. The fourth-order valence-electron chi connectivity index (χ4n) is 1.88. The molecule has 7 nitrogen and oxygen atoms in total. The summed E-state index contributed by atoms with van der Waals surface area (Å²) in [5.74, 6) is 0.0202. The first-order chi connectivity index (χ1) is 12.1. The lowest BCUT2D eigenvalue weighted by Gasteiger charge is -2.13. The summed E-state index contributed by atoms with van der Waals surface area (Å²) in [7, 11) is 1.43. The molecule has 2 aromatic carbocycles. The van der Waals surface area contributed by atoms with E-state index in [0.29, 0.717) is 22.7 Å². The lowest BCUT2D eigenvalue weighted by atomic mass is 10.2. The topological polar surface area (TPSA) is 110 Å². The Labute approximate surface area is 149 Å². The van der Waals surface area contributed by atoms with Crippen molar-refractivity contribution in [1.82, 2.24) is 0 Å². The standard InChI is InChI=1S/C17H12ClN5O2/c1-25-16-8-14(23-22-12(9-19)10-20)13(18)7-15(16)21-17(24)11-5-3-2-4-6-11/h2-8,23H,1H3,(H,21,24). The van der Waals surface area contributed by atoms with Gasteiger partial charge in [0.15, 0.2) is 0 Å². The number of amides is 1. The van der Waals surface area contributed by atoms with E-state index in [1.807, 2.05) is 6.07 Å². The van der Waals surface area contributed by atoms with Gasteiger partial charge in [-0.25, -0.2) is 0 Å². The molecular formula is C17H12ClN5O2. The molecule has 0 aliphatic heterocycles. The monoisotopic (exact) mass is 353 g/mol. The molecule has 0 spiro atoms. The molecular weight excluding hydrogens is 342 g/mol. The van der Waals surface area contributed by atoms with E-state index < -0.39 is 0 Å². The number of nitriles is 2. The van der Waals surface area contributed by atoms with Crippen LogP contribution < -0.4 is 15.5 Å². The second-order valence-corrected chi connectivity index (χ2v) is 5.06. The van der Waals surface area contributed by atoms with Crippen LogP contribution in [0.1, 0.15) is 10.4 Å². The molecule has 2 rings (SSSR count). The third-order valence-corrected chi connectivity index (χ3v) is 3.39. The van der Waals surface area contributed by atoms with Crippen molar-refractivity contribution in [2.75, 3.05) is 17.9 Å². The van der Waals surface area contributed by atoms with E-state index in [0.717, 1.165) is 0 Å². The average Bonchev–Trinajstić information content (AvgIpc) is 2.64. The van der Waals surface area contributed by atoms with Crippen LogP contribution in [0.3, 0.4) is 0 Å². The first-order valence-electron chi connectivity index (χ1n) is 6.97. The predicted molar refractivity (Wildman–Crippen MR) is 94.7 cm³/mol. The van der Waals surface area contributed by atoms with Crippen molar-refractivity contribution in [3.63, 3.8) is 0 Å². The van der Waals surface area contributed by atoms with Gasteiger partial charge < -0.3 is 10.1 Å². The number of benzene rings is 2. The Morgan fingerprint density at radius 1 is 1.16 bits per heavy atom. The number of anilines is 2. The summed E-state index contributed by atoms with van der Waals surface area (Å²) < 4.78 is 5.25. The largest absolute Gasteiger partial charge is 0.494 e. The summed E-state index contributed by atoms with van der Waals surface area (Å²) in [6, 6.07) is 14.9. The van der Waals surface area contributed by atoms with Crippen LogP contribution in [0.5, 0.6) is 5.75 Å². The number of ether oxygens (including phenoxy) is 1. The summed E-state index contributed by atoms with van der Waals surface area (Å²) in [6.07, 6.45) is 0. The van der Waals surface area contributed by atoms with Crippen molar-refractivity contribution >= 4 is 34.6 Å². The van der Waals surface area contributed by atoms with Crippen molar-refractivity contribution in [3.8, 4) is 17.9 Å². The van der Waals surface area contributed by atoms with Gasteiger partial charge in [0.25, 0.3) is 5.91 Å². The Morgan fingerprint density at radius 3 is 2.44 bits per heavy atom. The fourth-order valence-corrected chi connectivity index (χ4v) is 2.09. The highest BCUT2D eigenvalue weighted by Crippen LogP contribution is 2.34. The molecule has 0 atom stereocenters. The first-order valence-corrected chi connectivity index (χ1v) is 7.34. The second kappa shape index (κ2) is 8.34. The SMILES string of the molecule is COc1cc(NN=C(C#N)C#N)c(Cl)cc1NC(=O)c1ccccc1. The van der Waals surface area contributed by atoms with Crippen LogP contribution in [-0.4, -0.2) is 18.7 Å². The summed E-state index contributed by atoms with van der Waals surface area (Å²) in [4.78, 5) is 12.3. The van der Waals surface area contributed by atoms with Crippen LogP contribution in [0.25, 0.3) is 0 Å². The lowest BCUT2D eigenvalue weighted by Crippen LogP contribution is -2.12. The normalized spacial score (nSPS) is 9.28. The number of halogens is 1. The van der Waals surface area contributed by atoms with Gasteiger partial charge in [0.2, 0.25) is 5.71 Å². The molecule has 2 N–H and O–H groups in total. The molecule has 25 heavy (non-hydrogen) atoms. The number of carbonyl (C=O) groups excluding carboxylic acids is 1. The molecule has 124 valence electrons. The number of hydrazone groups is 1. The molecule has 0 aliphatic rings. The Hall–Kier alpha value is -3.55. The molecule has 0 unspecified atom stereocenters. The number of nitrogens with one attached hydrogen (secondary N) is 2. The van der Waals surface area contributed by atoms with Gasteiger partial charge >= 0.3 is 0 Å². The van der Waals surface area contributed by atoms with Crippen LogP contribution in [0.4, 0.5) is 11.4 Å². The number of methoxy groups -OCH3 is 1. The van der Waals surface area contributed by atoms with Gasteiger partial charge in [-0.05, 0) is 18.2 Å². The summed E-state index contributed by atoms with van der Waals surface area (Å²) >= 11 is 6.15. The van der Waals surface area contributed by atoms with Crippen LogP contribution >= 0.6 is 11.6 Å². The molecule has 0 bridgehead atoms. The van der Waals surface area contributed by atoms with Gasteiger partial charge in [-0.1, -0.05) is 29.8 Å². The van der Waals surface area contributed by atoms with E-state index in [9.17, 15) is 4.79 Å². The van der Waals surface area contributed by atoms with Crippen LogP contribution in [0.15, 0.2) is 47.6 Å². The third kappa shape index (κ3) is 4.47. The van der Waals surface area contributed by atoms with Crippen molar-refractivity contribution in [2.45, 2.75) is 0 Å². The fraction of sp³-hybridized carbons (Fsp3) is 0.0588. The zero-order valence-corrected chi connectivity index (χ0v) is 13.8. The molecule has 2 aromatic rings. The minimum Gasteiger partial charge on any atom is -0.494 e. The molecule has 0 fully saturated rings. The highest BCUT2D eigenvalue weighted by Gasteiger charge is 2.13. The van der Waals surface area contributed by atoms with Gasteiger partial charge in [0.05, 0.1) is 23.5 Å². The van der Waals surface area contributed by atoms with Crippen molar-refractivity contribution in [1.29, 1.82) is 10.5 Å². The van der Waals surface area contributed by atoms with Gasteiger partial charge in [-0.2, -0.15) is 15.6 Å². The summed E-state index contributed by atoms with van der Waals surface area (Å²) in [5.41, 5.74) is 3.35. The lowest BCUT2D eigenvalue weighted by molar-refractivity contribution is 0.102. The zero-order valence-electron chi connectivity index (χ0n) is 13.1. The van der Waals surface area contributed by atoms with Gasteiger partial charge in [0.1, 0.15) is 17.9 Å². The summed E-state index contributed by atoms with van der Waals surface area (Å²) in [5, 5.41) is 23.9. The second-order valence-electron chi connectivity index (χ2n) is 4.65. The molecule has 0 aromatic heterocycles. The van der Waals surface area contributed by atoms with Crippen molar-refractivity contribution in [3.05, 3.63) is 53.1 Å². The molecule has 8 heteroatoms. The number of hydrogen-bond acceptors (Lipinski definition) is 6. The highest BCUT2D eigenvalue weighted by molar-refractivity contribution is 6.33. The van der Waals surface area contributed by atoms with Crippen LogP contribution in [0.2, 0.25) is 5.02 Å². The summed E-state index contributed by atoms with van der Waals surface area (Å²) in [6.45, 7) is 0. The third-order valence-electron chi connectivity index (χ3n) is 3.07. The van der Waals surface area contributed by atoms with E-state index in [2.05, 4.69) is 15.8 Å². The van der Waals surface area contributed by atoms with Crippen molar-refractivity contribution < 1.29 is 9.53 Å². The molecule has 1 amide bonds. The number of rotatable bonds is 5. The Balaban J connectivity index is 2.28. The zero-order chi connectivity index (χ0) is 18.2. The maximum absolute atomic E-state index is 12.3. The number of nitrogens with zero attached hydrogens (tertiary/aromatic N) is 3. The van der Waals surface area contributed by atoms with E-state index in [-0.39, 0.29) is 16.6 Å². The first kappa shape index (κ1) is 17.8. The molecule has 0 saturated carbocycles. The minimum atomic E-state index is -0.350. The van der Waals surface area contributed by atoms with E-state index in [1.165, 1.54) is 19.2 Å². The van der Waals surface area contributed by atoms with E-state index in [1.54, 1.807) is 36.4 Å². The minimum absolute atomic E-state index is 0.225. The molecule has 0 aliphatic carbocycles. The van der Waals surface area contributed by atoms with Gasteiger partial charge in [-0.15, -0.1) is 0 Å². The van der Waals surface area contributed by atoms with Crippen LogP contribution in [-0.2, 0) is 0 Å². The van der Waals surface area contributed by atoms with Crippen molar-refractivity contribution in [2.24, 2.45) is 5.10 Å². The van der Waals surface area contributed by atoms with Gasteiger partial charge in [-0.3, -0.25) is 10.2 Å². The van der Waals surface area contributed by atoms with E-state index >= 15 is 0 Å². The number of carbonyl (C=O) groups is 1. The quantitative estimate of drug-likeness (QED) is 0.632. The number of hydrogen-bond donors (Lipinski definition) is 2.